The molecule has 0 aromatic rings. The Morgan fingerprint density at radius 2 is 1.86 bits per heavy atom. The minimum atomic E-state index is -1.02. The molecule has 0 aliphatic heterocycles. The van der Waals surface area contributed by atoms with Crippen LogP contribution in [-0.4, -0.2) is 17.2 Å². The van der Waals surface area contributed by atoms with Gasteiger partial charge in [0.2, 0.25) is 0 Å². The molecular weight excluding hydrogens is 90.9 g/mol. The molecule has 2 nitrogen and oxygen atoms in total. The van der Waals surface area contributed by atoms with Gasteiger partial charge in [-0.05, 0) is 18.8 Å². The first-order valence-corrected chi connectivity index (χ1v) is 2.62. The van der Waals surface area contributed by atoms with Gasteiger partial charge in [-0.1, -0.05) is 0 Å². The standard InChI is InChI=1S/C4H7BO2/c6-5(7)4-1-3(4)2-4/h3,6-7H,1-2H2. The lowest BCUT2D eigenvalue weighted by molar-refractivity contribution is 0.392. The van der Waals surface area contributed by atoms with E-state index in [0.717, 1.165) is 12.8 Å². The van der Waals surface area contributed by atoms with E-state index in [-0.39, 0.29) is 5.31 Å². The van der Waals surface area contributed by atoms with Crippen LogP contribution in [-0.2, 0) is 0 Å². The van der Waals surface area contributed by atoms with E-state index >= 15 is 0 Å². The van der Waals surface area contributed by atoms with E-state index in [2.05, 4.69) is 0 Å². The first kappa shape index (κ1) is 3.92. The van der Waals surface area contributed by atoms with E-state index in [9.17, 15) is 0 Å². The van der Waals surface area contributed by atoms with Gasteiger partial charge in [0, 0.05) is 5.31 Å². The highest BCUT2D eigenvalue weighted by Gasteiger charge is 2.75. The Kier molecular flexibility index (Phi) is 0.426. The molecule has 7 heavy (non-hydrogen) atoms. The Labute approximate surface area is 42.3 Å². The normalized spacial score (nSPS) is 53.1. The van der Waals surface area contributed by atoms with E-state index in [4.69, 9.17) is 10.0 Å². The average Bonchev–Trinajstić information content (AvgIpc) is 2.04. The zero-order valence-electron chi connectivity index (χ0n) is 3.96. The fourth-order valence-corrected chi connectivity index (χ4v) is 1.16. The molecule has 0 spiro atoms. The summed E-state index contributed by atoms with van der Waals surface area (Å²) < 4.78 is 0. The summed E-state index contributed by atoms with van der Waals surface area (Å²) in [5.74, 6) is 0.687. The minimum Gasteiger partial charge on any atom is -0.427 e. The van der Waals surface area contributed by atoms with Gasteiger partial charge < -0.3 is 10.0 Å². The molecule has 2 rings (SSSR count). The molecule has 2 N–H and O–H groups in total. The van der Waals surface area contributed by atoms with Gasteiger partial charge in [0.05, 0.1) is 0 Å². The second-order valence-corrected chi connectivity index (χ2v) is 2.71. The quantitative estimate of drug-likeness (QED) is 0.439. The molecule has 38 valence electrons. The SMILES string of the molecule is OB(O)C12CC1C2. The molecule has 0 aromatic heterocycles. The van der Waals surface area contributed by atoms with Crippen LogP contribution in [0.1, 0.15) is 12.8 Å². The van der Waals surface area contributed by atoms with Crippen molar-refractivity contribution in [2.45, 2.75) is 18.2 Å². The average molecular weight is 97.9 g/mol. The molecule has 0 bridgehead atoms. The number of hydrogen-bond donors (Lipinski definition) is 2. The number of rotatable bonds is 1. The van der Waals surface area contributed by atoms with Crippen LogP contribution in [0.25, 0.3) is 0 Å². The van der Waals surface area contributed by atoms with Crippen molar-refractivity contribution >= 4 is 7.12 Å². The lowest BCUT2D eigenvalue weighted by Gasteiger charge is -1.95. The first-order valence-electron chi connectivity index (χ1n) is 2.62. The molecule has 2 saturated carbocycles. The summed E-state index contributed by atoms with van der Waals surface area (Å²) in [6.45, 7) is 0. The monoisotopic (exact) mass is 98.1 g/mol. The molecule has 0 unspecified atom stereocenters. The number of hydrogen-bond acceptors (Lipinski definition) is 2. The molecule has 0 radical (unpaired) electrons. The van der Waals surface area contributed by atoms with Crippen molar-refractivity contribution < 1.29 is 10.0 Å². The van der Waals surface area contributed by atoms with Gasteiger partial charge in [0.1, 0.15) is 0 Å². The predicted octanol–water partition coefficient (Wildman–Crippen LogP) is -0.377. The summed E-state index contributed by atoms with van der Waals surface area (Å²) in [4.78, 5) is 0. The molecule has 0 aromatic carbocycles. The van der Waals surface area contributed by atoms with Gasteiger partial charge in [0.15, 0.2) is 0 Å². The maximum atomic E-state index is 8.55. The highest BCUT2D eigenvalue weighted by atomic mass is 16.4. The van der Waals surface area contributed by atoms with Crippen LogP contribution < -0.4 is 0 Å². The van der Waals surface area contributed by atoms with Crippen molar-refractivity contribution in [1.82, 2.24) is 0 Å². The lowest BCUT2D eigenvalue weighted by Crippen LogP contribution is -2.14. The second-order valence-electron chi connectivity index (χ2n) is 2.71. The van der Waals surface area contributed by atoms with Gasteiger partial charge in [-0.2, -0.15) is 0 Å². The molecule has 0 atom stereocenters. The van der Waals surface area contributed by atoms with Crippen molar-refractivity contribution in [3.8, 4) is 0 Å². The molecule has 0 heterocycles. The minimum absolute atomic E-state index is 0.0278. The van der Waals surface area contributed by atoms with Crippen LogP contribution in [0.4, 0.5) is 0 Å². The second kappa shape index (κ2) is 0.760. The Hall–Kier alpha value is -0.0151. The van der Waals surface area contributed by atoms with Crippen LogP contribution >= 0.6 is 0 Å². The third-order valence-electron chi connectivity index (χ3n) is 2.26. The van der Waals surface area contributed by atoms with E-state index in [1.807, 2.05) is 0 Å². The molecule has 0 saturated heterocycles. The Balaban J connectivity index is 2.08. The molecule has 0 amide bonds. The maximum Gasteiger partial charge on any atom is 0.458 e. The third kappa shape index (κ3) is 0.294. The van der Waals surface area contributed by atoms with E-state index in [1.165, 1.54) is 0 Å². The van der Waals surface area contributed by atoms with Crippen molar-refractivity contribution in [3.05, 3.63) is 0 Å². The Bertz CT molecular complexity index is 106. The summed E-state index contributed by atoms with van der Waals surface area (Å²) in [7, 11) is -1.02. The third-order valence-corrected chi connectivity index (χ3v) is 2.26. The fraction of sp³-hybridized carbons (Fsp3) is 1.00. The van der Waals surface area contributed by atoms with Gasteiger partial charge in [-0.3, -0.25) is 0 Å². The predicted molar refractivity (Wildman–Crippen MR) is 25.6 cm³/mol. The van der Waals surface area contributed by atoms with Gasteiger partial charge in [-0.15, -0.1) is 0 Å². The molecule has 2 aliphatic carbocycles. The van der Waals surface area contributed by atoms with Crippen molar-refractivity contribution in [1.29, 1.82) is 0 Å². The van der Waals surface area contributed by atoms with Crippen molar-refractivity contribution in [2.75, 3.05) is 0 Å². The topological polar surface area (TPSA) is 40.5 Å². The highest BCUT2D eigenvalue weighted by molar-refractivity contribution is 6.49. The van der Waals surface area contributed by atoms with E-state index < -0.39 is 7.12 Å². The lowest BCUT2D eigenvalue weighted by atomic mass is 9.76. The summed E-state index contributed by atoms with van der Waals surface area (Å²) in [5, 5.41) is 17.1. The maximum absolute atomic E-state index is 8.55. The Morgan fingerprint density at radius 1 is 1.43 bits per heavy atom. The summed E-state index contributed by atoms with van der Waals surface area (Å²) in [6, 6.07) is 0. The summed E-state index contributed by atoms with van der Waals surface area (Å²) in [6.07, 6.45) is 2.12. The fourth-order valence-electron chi connectivity index (χ4n) is 1.16. The van der Waals surface area contributed by atoms with Gasteiger partial charge >= 0.3 is 7.12 Å². The molecule has 2 aliphatic rings. The highest BCUT2D eigenvalue weighted by Crippen LogP contribution is 2.82. The van der Waals surface area contributed by atoms with Crippen LogP contribution in [0.15, 0.2) is 0 Å². The molecule has 2 fully saturated rings. The van der Waals surface area contributed by atoms with Crippen LogP contribution in [0.2, 0.25) is 5.31 Å². The van der Waals surface area contributed by atoms with Crippen LogP contribution in [0, 0.1) is 5.92 Å². The van der Waals surface area contributed by atoms with Crippen LogP contribution in [0.3, 0.4) is 0 Å². The molecular formula is C4H7BO2. The van der Waals surface area contributed by atoms with E-state index in [0.29, 0.717) is 5.92 Å². The molecule has 3 heteroatoms. The number of fused-ring (bicyclic) bond motifs is 1. The van der Waals surface area contributed by atoms with Crippen molar-refractivity contribution in [3.63, 3.8) is 0 Å². The smallest absolute Gasteiger partial charge is 0.427 e. The summed E-state index contributed by atoms with van der Waals surface area (Å²) >= 11 is 0. The zero-order valence-corrected chi connectivity index (χ0v) is 3.96. The largest absolute Gasteiger partial charge is 0.458 e. The van der Waals surface area contributed by atoms with Gasteiger partial charge in [-0.25, -0.2) is 0 Å². The Morgan fingerprint density at radius 3 is 1.86 bits per heavy atom. The first-order chi connectivity index (χ1) is 3.26. The van der Waals surface area contributed by atoms with Crippen LogP contribution in [0.5, 0.6) is 0 Å². The summed E-state index contributed by atoms with van der Waals surface area (Å²) in [5.41, 5.74) is 0. The zero-order chi connectivity index (χ0) is 5.07. The van der Waals surface area contributed by atoms with Crippen molar-refractivity contribution in [2.24, 2.45) is 5.92 Å². The van der Waals surface area contributed by atoms with E-state index in [1.54, 1.807) is 0 Å². The van der Waals surface area contributed by atoms with Gasteiger partial charge in [0.25, 0.3) is 0 Å².